The standard InChI is InChI=1S/C20H17ClN2O2/c1-14-4-2-5-16(10-14)25-13-20-22-18-11-15(21)7-8-19(18)23(20)12-17-6-3-9-24-17/h2-11H,12-13H2,1H3. The average molecular weight is 353 g/mol. The molecule has 5 heteroatoms. The Hall–Kier alpha value is -2.72. The van der Waals surface area contributed by atoms with Gasteiger partial charge in [0.25, 0.3) is 0 Å². The zero-order chi connectivity index (χ0) is 17.2. The van der Waals surface area contributed by atoms with Gasteiger partial charge in [0.05, 0.1) is 23.8 Å². The van der Waals surface area contributed by atoms with E-state index in [1.807, 2.05) is 61.5 Å². The quantitative estimate of drug-likeness (QED) is 0.494. The molecule has 0 fully saturated rings. The Kier molecular flexibility index (Phi) is 4.20. The van der Waals surface area contributed by atoms with E-state index >= 15 is 0 Å². The van der Waals surface area contributed by atoms with Crippen LogP contribution in [-0.4, -0.2) is 9.55 Å². The first kappa shape index (κ1) is 15.8. The minimum Gasteiger partial charge on any atom is -0.486 e. The molecule has 126 valence electrons. The van der Waals surface area contributed by atoms with Gasteiger partial charge in [0, 0.05) is 5.02 Å². The highest BCUT2D eigenvalue weighted by molar-refractivity contribution is 6.31. The van der Waals surface area contributed by atoms with Gasteiger partial charge in [-0.15, -0.1) is 0 Å². The molecule has 0 saturated heterocycles. The SMILES string of the molecule is Cc1cccc(OCc2nc3cc(Cl)ccc3n2Cc2ccco2)c1. The van der Waals surface area contributed by atoms with Crippen molar-refractivity contribution in [3.63, 3.8) is 0 Å². The third kappa shape index (κ3) is 3.39. The van der Waals surface area contributed by atoms with Crippen molar-refractivity contribution in [2.24, 2.45) is 0 Å². The summed E-state index contributed by atoms with van der Waals surface area (Å²) < 4.78 is 13.5. The summed E-state index contributed by atoms with van der Waals surface area (Å²) in [7, 11) is 0. The minimum atomic E-state index is 0.371. The molecule has 0 aliphatic rings. The van der Waals surface area contributed by atoms with Crippen molar-refractivity contribution < 1.29 is 9.15 Å². The predicted molar refractivity (Wildman–Crippen MR) is 98.1 cm³/mol. The molecule has 0 amide bonds. The van der Waals surface area contributed by atoms with E-state index in [1.165, 1.54) is 0 Å². The number of halogens is 1. The summed E-state index contributed by atoms with van der Waals surface area (Å²) in [5, 5.41) is 0.668. The third-order valence-corrected chi connectivity index (χ3v) is 4.28. The molecule has 0 N–H and O–H groups in total. The van der Waals surface area contributed by atoms with Crippen LogP contribution in [0, 0.1) is 6.92 Å². The maximum absolute atomic E-state index is 6.11. The Bertz CT molecular complexity index is 1010. The maximum Gasteiger partial charge on any atom is 0.148 e. The van der Waals surface area contributed by atoms with E-state index < -0.39 is 0 Å². The van der Waals surface area contributed by atoms with E-state index in [0.717, 1.165) is 33.9 Å². The van der Waals surface area contributed by atoms with Gasteiger partial charge in [0.2, 0.25) is 0 Å². The summed E-state index contributed by atoms with van der Waals surface area (Å²) in [4.78, 5) is 4.70. The van der Waals surface area contributed by atoms with Crippen LogP contribution in [0.15, 0.2) is 65.3 Å². The van der Waals surface area contributed by atoms with E-state index in [4.69, 9.17) is 25.7 Å². The highest BCUT2D eigenvalue weighted by atomic mass is 35.5. The van der Waals surface area contributed by atoms with Gasteiger partial charge in [-0.1, -0.05) is 23.7 Å². The van der Waals surface area contributed by atoms with Gasteiger partial charge in [-0.25, -0.2) is 4.98 Å². The number of furan rings is 1. The molecule has 4 nitrogen and oxygen atoms in total. The van der Waals surface area contributed by atoms with Gasteiger partial charge in [-0.3, -0.25) is 0 Å². The van der Waals surface area contributed by atoms with Crippen LogP contribution in [0.25, 0.3) is 11.0 Å². The fourth-order valence-electron chi connectivity index (χ4n) is 2.85. The molecule has 2 aromatic carbocycles. The summed E-state index contributed by atoms with van der Waals surface area (Å²) in [5.41, 5.74) is 3.01. The molecule has 0 bridgehead atoms. The minimum absolute atomic E-state index is 0.371. The molecule has 0 radical (unpaired) electrons. The maximum atomic E-state index is 6.11. The van der Waals surface area contributed by atoms with Crippen LogP contribution in [0.4, 0.5) is 0 Å². The van der Waals surface area contributed by atoms with Crippen molar-refractivity contribution in [3.05, 3.63) is 83.0 Å². The van der Waals surface area contributed by atoms with Gasteiger partial charge in [-0.2, -0.15) is 0 Å². The normalized spacial score (nSPS) is 11.1. The molecule has 0 saturated carbocycles. The van der Waals surface area contributed by atoms with E-state index in [1.54, 1.807) is 6.26 Å². The number of hydrogen-bond acceptors (Lipinski definition) is 3. The molecule has 2 heterocycles. The molecule has 0 aliphatic carbocycles. The lowest BCUT2D eigenvalue weighted by atomic mass is 10.2. The number of benzene rings is 2. The van der Waals surface area contributed by atoms with Crippen LogP contribution in [-0.2, 0) is 13.2 Å². The molecule has 0 atom stereocenters. The Labute approximate surface area is 150 Å². The summed E-state index contributed by atoms with van der Waals surface area (Å²) >= 11 is 6.11. The van der Waals surface area contributed by atoms with Gasteiger partial charge in [0.1, 0.15) is 23.9 Å². The molecule has 0 spiro atoms. The van der Waals surface area contributed by atoms with Gasteiger partial charge < -0.3 is 13.7 Å². The smallest absolute Gasteiger partial charge is 0.148 e. The molecule has 4 aromatic rings. The van der Waals surface area contributed by atoms with E-state index in [0.29, 0.717) is 18.2 Å². The number of nitrogens with zero attached hydrogens (tertiary/aromatic N) is 2. The van der Waals surface area contributed by atoms with Crippen molar-refractivity contribution in [2.45, 2.75) is 20.1 Å². The predicted octanol–water partition coefficient (Wildman–Crippen LogP) is 5.22. The first-order valence-electron chi connectivity index (χ1n) is 8.05. The molecule has 0 unspecified atom stereocenters. The van der Waals surface area contributed by atoms with Crippen LogP contribution in [0.3, 0.4) is 0 Å². The fraction of sp³-hybridized carbons (Fsp3) is 0.150. The van der Waals surface area contributed by atoms with Crippen LogP contribution in [0.5, 0.6) is 5.75 Å². The van der Waals surface area contributed by atoms with Crippen LogP contribution >= 0.6 is 11.6 Å². The molecule has 25 heavy (non-hydrogen) atoms. The lowest BCUT2D eigenvalue weighted by Gasteiger charge is -2.10. The number of aryl methyl sites for hydroxylation is 1. The average Bonchev–Trinajstić information content (AvgIpc) is 3.21. The second kappa shape index (κ2) is 6.65. The zero-order valence-corrected chi connectivity index (χ0v) is 14.5. The Morgan fingerprint density at radius 2 is 2.04 bits per heavy atom. The number of rotatable bonds is 5. The third-order valence-electron chi connectivity index (χ3n) is 4.04. The number of imidazole rings is 1. The van der Waals surface area contributed by atoms with Gasteiger partial charge in [0.15, 0.2) is 0 Å². The molecule has 2 aromatic heterocycles. The van der Waals surface area contributed by atoms with E-state index in [-0.39, 0.29) is 0 Å². The van der Waals surface area contributed by atoms with Crippen molar-refractivity contribution in [1.29, 1.82) is 0 Å². The fourth-order valence-corrected chi connectivity index (χ4v) is 3.02. The molecular formula is C20H17ClN2O2. The molecular weight excluding hydrogens is 336 g/mol. The monoisotopic (exact) mass is 352 g/mol. The number of ether oxygens (including phenoxy) is 1. The molecule has 0 aliphatic heterocycles. The zero-order valence-electron chi connectivity index (χ0n) is 13.8. The summed E-state index contributed by atoms with van der Waals surface area (Å²) in [6.07, 6.45) is 1.67. The van der Waals surface area contributed by atoms with Crippen molar-refractivity contribution in [3.8, 4) is 5.75 Å². The second-order valence-corrected chi connectivity index (χ2v) is 6.37. The highest BCUT2D eigenvalue weighted by Crippen LogP contribution is 2.23. The van der Waals surface area contributed by atoms with Gasteiger partial charge in [-0.05, 0) is 55.0 Å². The molecule has 4 rings (SSSR count). The topological polar surface area (TPSA) is 40.2 Å². The van der Waals surface area contributed by atoms with Crippen LogP contribution in [0.1, 0.15) is 17.1 Å². The Morgan fingerprint density at radius 3 is 2.84 bits per heavy atom. The van der Waals surface area contributed by atoms with Crippen molar-refractivity contribution in [1.82, 2.24) is 9.55 Å². The first-order chi connectivity index (χ1) is 12.2. The second-order valence-electron chi connectivity index (χ2n) is 5.93. The highest BCUT2D eigenvalue weighted by Gasteiger charge is 2.13. The van der Waals surface area contributed by atoms with E-state index in [2.05, 4.69) is 4.57 Å². The largest absolute Gasteiger partial charge is 0.486 e. The summed E-state index contributed by atoms with van der Waals surface area (Å²) in [5.74, 6) is 2.52. The Morgan fingerprint density at radius 1 is 1.12 bits per heavy atom. The Balaban J connectivity index is 1.68. The number of aromatic nitrogens is 2. The number of hydrogen-bond donors (Lipinski definition) is 0. The number of fused-ring (bicyclic) bond motifs is 1. The first-order valence-corrected chi connectivity index (χ1v) is 8.43. The lowest BCUT2D eigenvalue weighted by molar-refractivity contribution is 0.290. The van der Waals surface area contributed by atoms with Crippen molar-refractivity contribution >= 4 is 22.6 Å². The van der Waals surface area contributed by atoms with Crippen LogP contribution in [0.2, 0.25) is 5.02 Å². The van der Waals surface area contributed by atoms with Gasteiger partial charge >= 0.3 is 0 Å². The summed E-state index contributed by atoms with van der Waals surface area (Å²) in [6, 6.07) is 17.5. The van der Waals surface area contributed by atoms with Crippen molar-refractivity contribution in [2.75, 3.05) is 0 Å². The summed E-state index contributed by atoms with van der Waals surface area (Å²) in [6.45, 7) is 3.01. The van der Waals surface area contributed by atoms with Crippen LogP contribution < -0.4 is 4.74 Å². The lowest BCUT2D eigenvalue weighted by Crippen LogP contribution is -2.08. The van der Waals surface area contributed by atoms with E-state index in [9.17, 15) is 0 Å².